The Hall–Kier alpha value is -1.76. The first-order chi connectivity index (χ1) is 9.95. The molecule has 1 aliphatic heterocycles. The van der Waals surface area contributed by atoms with Crippen LogP contribution in [0.25, 0.3) is 11.0 Å². The molecule has 3 rings (SSSR count). The second kappa shape index (κ2) is 5.22. The summed E-state index contributed by atoms with van der Waals surface area (Å²) in [5.74, 6) is 0. The molecule has 2 heterocycles. The maximum atomic E-state index is 12.8. The summed E-state index contributed by atoms with van der Waals surface area (Å²) in [7, 11) is 0. The number of H-pyrrole nitrogens is 1. The van der Waals surface area contributed by atoms with Gasteiger partial charge in [-0.05, 0) is 37.5 Å². The van der Waals surface area contributed by atoms with E-state index in [1.54, 1.807) is 0 Å². The van der Waals surface area contributed by atoms with Gasteiger partial charge in [-0.3, -0.25) is 4.57 Å². The second-order valence-electron chi connectivity index (χ2n) is 5.26. The monoisotopic (exact) mass is 300 g/mol. The number of ether oxygens (including phenoxy) is 1. The van der Waals surface area contributed by atoms with Crippen LogP contribution >= 0.6 is 0 Å². The van der Waals surface area contributed by atoms with E-state index in [4.69, 9.17) is 4.74 Å². The number of nitrogens with one attached hydrogen (secondary N) is 1. The highest BCUT2D eigenvalue weighted by atomic mass is 19.4. The van der Waals surface area contributed by atoms with E-state index in [-0.39, 0.29) is 18.2 Å². The number of aromatic nitrogens is 2. The molecule has 1 aliphatic rings. The first-order valence-corrected chi connectivity index (χ1v) is 6.86. The van der Waals surface area contributed by atoms with Crippen LogP contribution in [0.3, 0.4) is 0 Å². The molecule has 1 saturated heterocycles. The summed E-state index contributed by atoms with van der Waals surface area (Å²) in [6.45, 7) is 0.912. The van der Waals surface area contributed by atoms with Gasteiger partial charge in [-0.1, -0.05) is 0 Å². The molecule has 1 N–H and O–H groups in total. The smallest absolute Gasteiger partial charge is 0.376 e. The van der Waals surface area contributed by atoms with E-state index in [0.717, 1.165) is 31.4 Å². The highest BCUT2D eigenvalue weighted by Crippen LogP contribution is 2.31. The van der Waals surface area contributed by atoms with Gasteiger partial charge < -0.3 is 9.72 Å². The number of rotatable bonds is 2. The van der Waals surface area contributed by atoms with Gasteiger partial charge in [0.1, 0.15) is 0 Å². The molecule has 0 radical (unpaired) electrons. The maximum Gasteiger partial charge on any atom is 0.416 e. The van der Waals surface area contributed by atoms with Crippen molar-refractivity contribution >= 4 is 11.0 Å². The maximum absolute atomic E-state index is 12.8. The lowest BCUT2D eigenvalue weighted by Gasteiger charge is -2.22. The lowest BCUT2D eigenvalue weighted by atomic mass is 10.1. The van der Waals surface area contributed by atoms with Gasteiger partial charge in [0.25, 0.3) is 0 Å². The highest BCUT2D eigenvalue weighted by Gasteiger charge is 2.31. The van der Waals surface area contributed by atoms with E-state index in [9.17, 15) is 18.0 Å². The van der Waals surface area contributed by atoms with Gasteiger partial charge in [0.05, 0.1) is 29.2 Å². The van der Waals surface area contributed by atoms with Crippen molar-refractivity contribution in [2.24, 2.45) is 0 Å². The van der Waals surface area contributed by atoms with Gasteiger partial charge in [-0.15, -0.1) is 0 Å². The molecule has 1 atom stereocenters. The molecule has 1 aromatic heterocycles. The summed E-state index contributed by atoms with van der Waals surface area (Å²) >= 11 is 0. The minimum absolute atomic E-state index is 0.120. The number of benzene rings is 1. The average molecular weight is 300 g/mol. The van der Waals surface area contributed by atoms with Gasteiger partial charge in [0.15, 0.2) is 0 Å². The predicted molar refractivity (Wildman–Crippen MR) is 71.2 cm³/mol. The van der Waals surface area contributed by atoms with Crippen molar-refractivity contribution in [3.63, 3.8) is 0 Å². The van der Waals surface area contributed by atoms with Gasteiger partial charge in [0.2, 0.25) is 0 Å². The fourth-order valence-corrected chi connectivity index (χ4v) is 2.67. The fraction of sp³-hybridized carbons (Fsp3) is 0.500. The Balaban J connectivity index is 2.00. The number of alkyl halides is 3. The molecule has 2 aromatic rings. The first-order valence-electron chi connectivity index (χ1n) is 6.86. The molecule has 21 heavy (non-hydrogen) atoms. The summed E-state index contributed by atoms with van der Waals surface area (Å²) in [6.07, 6.45) is -1.73. The standard InChI is InChI=1S/C14H15F3N2O2/c15-14(16,17)9-4-5-11-12(7-9)19(13(20)18-11)8-10-3-1-2-6-21-10/h4-5,7,10H,1-3,6,8H2,(H,18,20). The van der Waals surface area contributed by atoms with Crippen LogP contribution in [0.2, 0.25) is 0 Å². The number of hydrogen-bond acceptors (Lipinski definition) is 2. The lowest BCUT2D eigenvalue weighted by Crippen LogP contribution is -2.29. The van der Waals surface area contributed by atoms with Gasteiger partial charge in [0, 0.05) is 6.61 Å². The Bertz CT molecular complexity index is 696. The Kier molecular flexibility index (Phi) is 3.52. The number of aromatic amines is 1. The van der Waals surface area contributed by atoms with Crippen molar-refractivity contribution in [2.45, 2.75) is 38.1 Å². The Labute approximate surface area is 118 Å². The zero-order valence-corrected chi connectivity index (χ0v) is 11.2. The first kappa shape index (κ1) is 14.2. The minimum Gasteiger partial charge on any atom is -0.376 e. The molecule has 0 aliphatic carbocycles. The third-order valence-corrected chi connectivity index (χ3v) is 3.76. The fourth-order valence-electron chi connectivity index (χ4n) is 2.67. The van der Waals surface area contributed by atoms with Gasteiger partial charge >= 0.3 is 11.9 Å². The van der Waals surface area contributed by atoms with Crippen molar-refractivity contribution in [1.29, 1.82) is 0 Å². The lowest BCUT2D eigenvalue weighted by molar-refractivity contribution is -0.137. The summed E-state index contributed by atoms with van der Waals surface area (Å²) < 4.78 is 45.3. The third-order valence-electron chi connectivity index (χ3n) is 3.76. The van der Waals surface area contributed by atoms with E-state index in [1.807, 2.05) is 0 Å². The summed E-state index contributed by atoms with van der Waals surface area (Å²) in [6, 6.07) is 3.27. The zero-order chi connectivity index (χ0) is 15.0. The number of fused-ring (bicyclic) bond motifs is 1. The van der Waals surface area contributed by atoms with Crippen molar-refractivity contribution < 1.29 is 17.9 Å². The Morgan fingerprint density at radius 2 is 2.14 bits per heavy atom. The molecular weight excluding hydrogens is 285 g/mol. The zero-order valence-electron chi connectivity index (χ0n) is 11.2. The quantitative estimate of drug-likeness (QED) is 0.927. The van der Waals surface area contributed by atoms with E-state index in [1.165, 1.54) is 10.6 Å². The Morgan fingerprint density at radius 3 is 2.81 bits per heavy atom. The van der Waals surface area contributed by atoms with E-state index < -0.39 is 17.4 Å². The van der Waals surface area contributed by atoms with E-state index >= 15 is 0 Å². The third kappa shape index (κ3) is 2.83. The van der Waals surface area contributed by atoms with Crippen molar-refractivity contribution in [2.75, 3.05) is 6.61 Å². The molecule has 1 aromatic carbocycles. The van der Waals surface area contributed by atoms with Crippen LogP contribution in [0, 0.1) is 0 Å². The van der Waals surface area contributed by atoms with Gasteiger partial charge in [-0.25, -0.2) is 4.79 Å². The molecule has 0 spiro atoms. The molecule has 0 bridgehead atoms. The number of halogens is 3. The summed E-state index contributed by atoms with van der Waals surface area (Å²) in [4.78, 5) is 14.5. The number of imidazole rings is 1. The average Bonchev–Trinajstić information content (AvgIpc) is 2.75. The van der Waals surface area contributed by atoms with Crippen molar-refractivity contribution in [1.82, 2.24) is 9.55 Å². The molecule has 1 fully saturated rings. The summed E-state index contributed by atoms with van der Waals surface area (Å²) in [5.41, 5.74) is -0.487. The van der Waals surface area contributed by atoms with E-state index in [2.05, 4.69) is 4.98 Å². The van der Waals surface area contributed by atoms with Gasteiger partial charge in [-0.2, -0.15) is 13.2 Å². The number of hydrogen-bond donors (Lipinski definition) is 1. The largest absolute Gasteiger partial charge is 0.416 e. The van der Waals surface area contributed by atoms with Crippen molar-refractivity contribution in [3.05, 3.63) is 34.2 Å². The van der Waals surface area contributed by atoms with Crippen LogP contribution in [0.4, 0.5) is 13.2 Å². The molecular formula is C14H15F3N2O2. The predicted octanol–water partition coefficient (Wildman–Crippen LogP) is 2.92. The molecule has 7 heteroatoms. The van der Waals surface area contributed by atoms with E-state index in [0.29, 0.717) is 12.1 Å². The highest BCUT2D eigenvalue weighted by molar-refractivity contribution is 5.76. The Morgan fingerprint density at radius 1 is 1.33 bits per heavy atom. The molecule has 0 amide bonds. The molecule has 114 valence electrons. The molecule has 4 nitrogen and oxygen atoms in total. The minimum atomic E-state index is -4.42. The molecule has 0 saturated carbocycles. The van der Waals surface area contributed by atoms with Crippen molar-refractivity contribution in [3.8, 4) is 0 Å². The van der Waals surface area contributed by atoms with Crippen LogP contribution in [-0.2, 0) is 17.5 Å². The SMILES string of the molecule is O=c1[nH]c2ccc(C(F)(F)F)cc2n1CC1CCCCO1. The normalized spacial score (nSPS) is 20.0. The van der Waals surface area contributed by atoms with Crippen LogP contribution in [0.15, 0.2) is 23.0 Å². The molecule has 1 unspecified atom stereocenters. The summed E-state index contributed by atoms with van der Waals surface area (Å²) in [5, 5.41) is 0. The van der Waals surface area contributed by atoms with Crippen LogP contribution in [0.1, 0.15) is 24.8 Å². The van der Waals surface area contributed by atoms with Crippen LogP contribution in [-0.4, -0.2) is 22.3 Å². The van der Waals surface area contributed by atoms with Crippen LogP contribution in [0.5, 0.6) is 0 Å². The van der Waals surface area contributed by atoms with Crippen LogP contribution < -0.4 is 5.69 Å². The second-order valence-corrected chi connectivity index (χ2v) is 5.26. The topological polar surface area (TPSA) is 47.0 Å². The number of nitrogens with zero attached hydrogens (tertiary/aromatic N) is 1.